The lowest BCUT2D eigenvalue weighted by atomic mass is 10.2. The van der Waals surface area contributed by atoms with Crippen LogP contribution in [-0.2, 0) is 0 Å². The Labute approximate surface area is 122 Å². The second-order valence-electron chi connectivity index (χ2n) is 4.39. The SMILES string of the molecule is Cc1nc(-c2cc(=O)c3cccc(Br)c3o2)ccc1O. The van der Waals surface area contributed by atoms with Crippen LogP contribution >= 0.6 is 15.9 Å². The molecule has 0 aliphatic heterocycles. The highest BCUT2D eigenvalue weighted by atomic mass is 79.9. The smallest absolute Gasteiger partial charge is 0.193 e. The van der Waals surface area contributed by atoms with Crippen molar-refractivity contribution in [1.29, 1.82) is 0 Å². The maximum absolute atomic E-state index is 12.1. The summed E-state index contributed by atoms with van der Waals surface area (Å²) in [6.07, 6.45) is 0. The van der Waals surface area contributed by atoms with Crippen LogP contribution in [-0.4, -0.2) is 10.1 Å². The van der Waals surface area contributed by atoms with Crippen molar-refractivity contribution in [3.8, 4) is 17.2 Å². The summed E-state index contributed by atoms with van der Waals surface area (Å²) in [4.78, 5) is 16.3. The first-order chi connectivity index (χ1) is 9.56. The van der Waals surface area contributed by atoms with Crippen molar-refractivity contribution in [3.63, 3.8) is 0 Å². The van der Waals surface area contributed by atoms with E-state index in [4.69, 9.17) is 4.42 Å². The minimum absolute atomic E-state index is 0.109. The number of hydrogen-bond acceptors (Lipinski definition) is 4. The number of rotatable bonds is 1. The van der Waals surface area contributed by atoms with E-state index in [1.54, 1.807) is 25.1 Å². The van der Waals surface area contributed by atoms with Gasteiger partial charge in [-0.2, -0.15) is 0 Å². The molecule has 1 aromatic carbocycles. The van der Waals surface area contributed by atoms with Crippen LogP contribution in [0.3, 0.4) is 0 Å². The van der Waals surface area contributed by atoms with Crippen molar-refractivity contribution < 1.29 is 9.52 Å². The average Bonchev–Trinajstić information content (AvgIpc) is 2.43. The third kappa shape index (κ3) is 2.10. The number of para-hydroxylation sites is 1. The summed E-state index contributed by atoms with van der Waals surface area (Å²) in [7, 11) is 0. The Balaban J connectivity index is 2.29. The Bertz CT molecular complexity index is 871. The fourth-order valence-corrected chi connectivity index (χ4v) is 2.41. The van der Waals surface area contributed by atoms with Gasteiger partial charge in [0.1, 0.15) is 11.4 Å². The van der Waals surface area contributed by atoms with Crippen molar-refractivity contribution in [2.75, 3.05) is 0 Å². The number of halogens is 1. The summed E-state index contributed by atoms with van der Waals surface area (Å²) in [6.45, 7) is 1.69. The molecule has 0 fully saturated rings. The van der Waals surface area contributed by atoms with Gasteiger partial charge in [0.15, 0.2) is 16.8 Å². The second kappa shape index (κ2) is 4.76. The first-order valence-electron chi connectivity index (χ1n) is 5.95. The molecule has 0 aliphatic rings. The van der Waals surface area contributed by atoms with Gasteiger partial charge < -0.3 is 9.52 Å². The zero-order valence-electron chi connectivity index (χ0n) is 10.6. The first kappa shape index (κ1) is 12.9. The van der Waals surface area contributed by atoms with E-state index < -0.39 is 0 Å². The van der Waals surface area contributed by atoms with Crippen molar-refractivity contribution in [1.82, 2.24) is 4.98 Å². The molecule has 0 atom stereocenters. The first-order valence-corrected chi connectivity index (χ1v) is 6.75. The monoisotopic (exact) mass is 331 g/mol. The van der Waals surface area contributed by atoms with Gasteiger partial charge >= 0.3 is 0 Å². The van der Waals surface area contributed by atoms with E-state index in [0.29, 0.717) is 32.6 Å². The van der Waals surface area contributed by atoms with Gasteiger partial charge in [0, 0.05) is 6.07 Å². The lowest BCUT2D eigenvalue weighted by Gasteiger charge is -2.05. The number of fused-ring (bicyclic) bond motifs is 1. The third-order valence-corrected chi connectivity index (χ3v) is 3.64. The van der Waals surface area contributed by atoms with Crippen LogP contribution in [0.15, 0.2) is 50.1 Å². The molecule has 5 heteroatoms. The normalized spacial score (nSPS) is 10.9. The molecule has 2 aromatic heterocycles. The molecule has 0 spiro atoms. The van der Waals surface area contributed by atoms with Gasteiger partial charge in [0.05, 0.1) is 15.6 Å². The molecule has 0 bridgehead atoms. The molecule has 4 nitrogen and oxygen atoms in total. The van der Waals surface area contributed by atoms with Crippen molar-refractivity contribution in [2.24, 2.45) is 0 Å². The van der Waals surface area contributed by atoms with Gasteiger partial charge in [0.2, 0.25) is 0 Å². The number of aromatic hydroxyl groups is 1. The van der Waals surface area contributed by atoms with Crippen LogP contribution in [0.2, 0.25) is 0 Å². The largest absolute Gasteiger partial charge is 0.506 e. The fraction of sp³-hybridized carbons (Fsp3) is 0.0667. The van der Waals surface area contributed by atoms with E-state index in [1.807, 2.05) is 6.07 Å². The van der Waals surface area contributed by atoms with Crippen LogP contribution in [0.4, 0.5) is 0 Å². The number of pyridine rings is 1. The van der Waals surface area contributed by atoms with E-state index in [1.165, 1.54) is 12.1 Å². The number of aryl methyl sites for hydroxylation is 1. The molecule has 3 aromatic rings. The molecule has 0 amide bonds. The Hall–Kier alpha value is -2.14. The van der Waals surface area contributed by atoms with Crippen molar-refractivity contribution >= 4 is 26.9 Å². The van der Waals surface area contributed by atoms with Crippen LogP contribution in [0.1, 0.15) is 5.69 Å². The number of nitrogens with zero attached hydrogens (tertiary/aromatic N) is 1. The maximum Gasteiger partial charge on any atom is 0.193 e. The van der Waals surface area contributed by atoms with E-state index in [-0.39, 0.29) is 11.2 Å². The molecule has 0 saturated carbocycles. The number of aromatic nitrogens is 1. The zero-order chi connectivity index (χ0) is 14.3. The predicted octanol–water partition coefficient (Wildman–Crippen LogP) is 3.63. The Morgan fingerprint density at radius 3 is 2.80 bits per heavy atom. The summed E-state index contributed by atoms with van der Waals surface area (Å²) in [5.74, 6) is 0.482. The molecular formula is C15H10BrNO3. The van der Waals surface area contributed by atoms with Gasteiger partial charge in [0.25, 0.3) is 0 Å². The molecule has 2 heterocycles. The standard InChI is InChI=1S/C15H10BrNO3/c1-8-12(18)6-5-11(17-8)14-7-13(19)9-3-2-4-10(16)15(9)20-14/h2-7,18H,1H3. The van der Waals surface area contributed by atoms with E-state index in [0.717, 1.165) is 0 Å². The summed E-state index contributed by atoms with van der Waals surface area (Å²) >= 11 is 3.37. The van der Waals surface area contributed by atoms with Crippen LogP contribution in [0, 0.1) is 6.92 Å². The van der Waals surface area contributed by atoms with Crippen LogP contribution < -0.4 is 5.43 Å². The molecule has 0 saturated heterocycles. The van der Waals surface area contributed by atoms with Crippen molar-refractivity contribution in [2.45, 2.75) is 6.92 Å². The summed E-state index contributed by atoms with van der Waals surface area (Å²) < 4.78 is 6.48. The fourth-order valence-electron chi connectivity index (χ4n) is 1.96. The molecular weight excluding hydrogens is 322 g/mol. The van der Waals surface area contributed by atoms with E-state index in [9.17, 15) is 9.90 Å². The molecule has 1 N–H and O–H groups in total. The third-order valence-electron chi connectivity index (χ3n) is 3.02. The molecule has 100 valence electrons. The van der Waals surface area contributed by atoms with E-state index >= 15 is 0 Å². The van der Waals surface area contributed by atoms with Gasteiger partial charge in [-0.05, 0) is 47.1 Å². The second-order valence-corrected chi connectivity index (χ2v) is 5.25. The lowest BCUT2D eigenvalue weighted by molar-refractivity contribution is 0.467. The highest BCUT2D eigenvalue weighted by Gasteiger charge is 2.11. The molecule has 0 radical (unpaired) electrons. The van der Waals surface area contributed by atoms with E-state index in [2.05, 4.69) is 20.9 Å². The zero-order valence-corrected chi connectivity index (χ0v) is 12.1. The maximum atomic E-state index is 12.1. The topological polar surface area (TPSA) is 63.3 Å². The minimum Gasteiger partial charge on any atom is -0.506 e. The highest BCUT2D eigenvalue weighted by Crippen LogP contribution is 2.27. The lowest BCUT2D eigenvalue weighted by Crippen LogP contribution is -2.01. The molecule has 0 aliphatic carbocycles. The number of hydrogen-bond donors (Lipinski definition) is 1. The average molecular weight is 332 g/mol. The number of benzene rings is 1. The van der Waals surface area contributed by atoms with Gasteiger partial charge in [-0.25, -0.2) is 4.98 Å². The summed E-state index contributed by atoms with van der Waals surface area (Å²) in [5.41, 5.74) is 1.35. The summed E-state index contributed by atoms with van der Waals surface area (Å²) in [5, 5.41) is 10.0. The Morgan fingerprint density at radius 1 is 1.25 bits per heavy atom. The van der Waals surface area contributed by atoms with Gasteiger partial charge in [-0.15, -0.1) is 0 Å². The Morgan fingerprint density at radius 2 is 2.05 bits per heavy atom. The van der Waals surface area contributed by atoms with Crippen LogP contribution in [0.25, 0.3) is 22.4 Å². The van der Waals surface area contributed by atoms with Crippen LogP contribution in [0.5, 0.6) is 5.75 Å². The molecule has 3 rings (SSSR count). The minimum atomic E-state index is -0.130. The van der Waals surface area contributed by atoms with Gasteiger partial charge in [-0.3, -0.25) is 4.79 Å². The molecule has 0 unspecified atom stereocenters. The summed E-state index contributed by atoms with van der Waals surface area (Å²) in [6, 6.07) is 9.86. The predicted molar refractivity (Wildman–Crippen MR) is 79.8 cm³/mol. The quantitative estimate of drug-likeness (QED) is 0.739. The highest BCUT2D eigenvalue weighted by molar-refractivity contribution is 9.10. The molecule has 20 heavy (non-hydrogen) atoms. The van der Waals surface area contributed by atoms with Gasteiger partial charge in [-0.1, -0.05) is 6.07 Å². The Kier molecular flexibility index (Phi) is 3.06. The van der Waals surface area contributed by atoms with Crippen molar-refractivity contribution in [3.05, 3.63) is 56.8 Å².